The molecular weight excluding hydrogens is 375 g/mol. The molecule has 1 atom stereocenters. The Kier molecular flexibility index (Phi) is 7.81. The molecule has 1 aromatic heterocycles. The van der Waals surface area contributed by atoms with Crippen LogP contribution in [0.2, 0.25) is 5.02 Å². The Labute approximate surface area is 164 Å². The van der Waals surface area contributed by atoms with Crippen LogP contribution >= 0.6 is 24.0 Å². The molecule has 9 heteroatoms. The van der Waals surface area contributed by atoms with E-state index in [1.54, 1.807) is 12.1 Å². The second kappa shape index (κ2) is 9.85. The van der Waals surface area contributed by atoms with Gasteiger partial charge in [-0.05, 0) is 48.2 Å². The normalized spacial score (nSPS) is 15.9. The standard InChI is InChI=1S/C17H23ClN6O.ClH/c18-14-8-6-13(7-9-14)17-21-23-24(22-17)11-16(25)20-15(10-19)12-4-2-1-3-5-12;/h6-9,12,15H,1-5,10-11,19H2,(H,20,25);1H. The number of carbonyl (C=O) groups is 1. The van der Waals surface area contributed by atoms with Crippen LogP contribution in [0.15, 0.2) is 24.3 Å². The van der Waals surface area contributed by atoms with Gasteiger partial charge in [-0.15, -0.1) is 22.6 Å². The van der Waals surface area contributed by atoms with Gasteiger partial charge < -0.3 is 11.1 Å². The van der Waals surface area contributed by atoms with Gasteiger partial charge >= 0.3 is 0 Å². The van der Waals surface area contributed by atoms with Crippen LogP contribution in [0.25, 0.3) is 11.4 Å². The minimum Gasteiger partial charge on any atom is -0.350 e. The van der Waals surface area contributed by atoms with Gasteiger partial charge in [0.05, 0.1) is 0 Å². The van der Waals surface area contributed by atoms with E-state index in [1.165, 1.54) is 24.1 Å². The van der Waals surface area contributed by atoms with Gasteiger partial charge in [0.2, 0.25) is 11.7 Å². The molecule has 1 saturated carbocycles. The lowest BCUT2D eigenvalue weighted by atomic mass is 9.84. The molecule has 142 valence electrons. The number of nitrogens with zero attached hydrogens (tertiary/aromatic N) is 4. The van der Waals surface area contributed by atoms with Gasteiger partial charge in [0, 0.05) is 23.2 Å². The van der Waals surface area contributed by atoms with Gasteiger partial charge in [-0.1, -0.05) is 30.9 Å². The van der Waals surface area contributed by atoms with E-state index in [9.17, 15) is 4.79 Å². The van der Waals surface area contributed by atoms with Gasteiger partial charge in [-0.2, -0.15) is 4.80 Å². The fourth-order valence-electron chi connectivity index (χ4n) is 3.31. The SMILES string of the molecule is Cl.NCC(NC(=O)Cn1nnc(-c2ccc(Cl)cc2)n1)C1CCCCC1. The number of nitrogens with one attached hydrogen (secondary N) is 1. The van der Waals surface area contributed by atoms with Crippen molar-refractivity contribution < 1.29 is 4.79 Å². The molecule has 0 radical (unpaired) electrons. The molecule has 26 heavy (non-hydrogen) atoms. The Hall–Kier alpha value is -1.70. The molecule has 3 N–H and O–H groups in total. The average Bonchev–Trinajstić information content (AvgIpc) is 3.09. The summed E-state index contributed by atoms with van der Waals surface area (Å²) in [6, 6.07) is 7.18. The molecule has 0 aliphatic heterocycles. The van der Waals surface area contributed by atoms with Gasteiger partial charge in [0.25, 0.3) is 0 Å². The number of hydrogen-bond donors (Lipinski definition) is 2. The monoisotopic (exact) mass is 398 g/mol. The van der Waals surface area contributed by atoms with Crippen molar-refractivity contribution in [2.45, 2.75) is 44.7 Å². The van der Waals surface area contributed by atoms with Crippen molar-refractivity contribution in [3.63, 3.8) is 0 Å². The zero-order valence-electron chi connectivity index (χ0n) is 14.5. The number of nitrogens with two attached hydrogens (primary N) is 1. The summed E-state index contributed by atoms with van der Waals surface area (Å²) in [5, 5.41) is 15.9. The molecular formula is C17H24Cl2N6O. The highest BCUT2D eigenvalue weighted by atomic mass is 35.5. The first-order valence-electron chi connectivity index (χ1n) is 8.69. The lowest BCUT2D eigenvalue weighted by Gasteiger charge is -2.29. The van der Waals surface area contributed by atoms with E-state index in [0.717, 1.165) is 18.4 Å². The minimum atomic E-state index is -0.138. The zero-order chi connectivity index (χ0) is 17.6. The molecule has 1 aliphatic carbocycles. The Morgan fingerprint density at radius 3 is 2.62 bits per heavy atom. The van der Waals surface area contributed by atoms with Crippen LogP contribution in [0.4, 0.5) is 0 Å². The van der Waals surface area contributed by atoms with E-state index in [4.69, 9.17) is 17.3 Å². The summed E-state index contributed by atoms with van der Waals surface area (Å²) < 4.78 is 0. The average molecular weight is 399 g/mol. The number of hydrogen-bond acceptors (Lipinski definition) is 5. The Morgan fingerprint density at radius 1 is 1.27 bits per heavy atom. The first kappa shape index (κ1) is 20.6. The molecule has 7 nitrogen and oxygen atoms in total. The highest BCUT2D eigenvalue weighted by molar-refractivity contribution is 6.30. The predicted octanol–water partition coefficient (Wildman–Crippen LogP) is 2.44. The fourth-order valence-corrected chi connectivity index (χ4v) is 3.44. The van der Waals surface area contributed by atoms with Crippen LogP contribution < -0.4 is 11.1 Å². The van der Waals surface area contributed by atoms with E-state index >= 15 is 0 Å². The van der Waals surface area contributed by atoms with Crippen molar-refractivity contribution >= 4 is 29.9 Å². The minimum absolute atomic E-state index is 0. The summed E-state index contributed by atoms with van der Waals surface area (Å²) >= 11 is 5.87. The quantitative estimate of drug-likeness (QED) is 0.778. The van der Waals surface area contributed by atoms with E-state index < -0.39 is 0 Å². The predicted molar refractivity (Wildman–Crippen MR) is 103 cm³/mol. The summed E-state index contributed by atoms with van der Waals surface area (Å²) in [6.07, 6.45) is 5.96. The fraction of sp³-hybridized carbons (Fsp3) is 0.529. The van der Waals surface area contributed by atoms with Crippen LogP contribution in [-0.4, -0.2) is 38.7 Å². The number of aromatic nitrogens is 4. The number of tetrazole rings is 1. The van der Waals surface area contributed by atoms with Gasteiger partial charge in [0.1, 0.15) is 6.54 Å². The number of rotatable bonds is 6. The molecule has 1 amide bonds. The Bertz CT molecular complexity index is 700. The highest BCUT2D eigenvalue weighted by Gasteiger charge is 2.24. The van der Waals surface area contributed by atoms with E-state index in [0.29, 0.717) is 23.3 Å². The summed E-state index contributed by atoms with van der Waals surface area (Å²) in [4.78, 5) is 13.6. The van der Waals surface area contributed by atoms with Gasteiger partial charge in [0.15, 0.2) is 0 Å². The summed E-state index contributed by atoms with van der Waals surface area (Å²) in [5.41, 5.74) is 6.67. The molecule has 0 saturated heterocycles. The highest BCUT2D eigenvalue weighted by Crippen LogP contribution is 2.26. The lowest BCUT2D eigenvalue weighted by Crippen LogP contribution is -2.47. The number of halogens is 2. The molecule has 1 unspecified atom stereocenters. The van der Waals surface area contributed by atoms with Gasteiger partial charge in [-0.25, -0.2) is 0 Å². The topological polar surface area (TPSA) is 98.7 Å². The Balaban J connectivity index is 0.00000243. The third-order valence-electron chi connectivity index (χ3n) is 4.66. The number of amides is 1. The molecule has 3 rings (SSSR count). The second-order valence-electron chi connectivity index (χ2n) is 6.46. The summed E-state index contributed by atoms with van der Waals surface area (Å²) in [6.45, 7) is 0.487. The van der Waals surface area contributed by atoms with Crippen molar-refractivity contribution in [2.75, 3.05) is 6.54 Å². The third kappa shape index (κ3) is 5.40. The van der Waals surface area contributed by atoms with Crippen LogP contribution in [0.3, 0.4) is 0 Å². The van der Waals surface area contributed by atoms with Crippen LogP contribution in [0.5, 0.6) is 0 Å². The molecule has 1 fully saturated rings. The number of benzene rings is 1. The van der Waals surface area contributed by atoms with Crippen molar-refractivity contribution in [2.24, 2.45) is 11.7 Å². The zero-order valence-corrected chi connectivity index (χ0v) is 16.0. The van der Waals surface area contributed by atoms with Crippen molar-refractivity contribution in [3.8, 4) is 11.4 Å². The van der Waals surface area contributed by atoms with E-state index in [2.05, 4.69) is 20.7 Å². The van der Waals surface area contributed by atoms with Crippen molar-refractivity contribution in [1.82, 2.24) is 25.5 Å². The maximum atomic E-state index is 12.3. The number of carbonyl (C=O) groups excluding carboxylic acids is 1. The molecule has 0 spiro atoms. The summed E-state index contributed by atoms with van der Waals surface area (Å²) in [7, 11) is 0. The summed E-state index contributed by atoms with van der Waals surface area (Å²) in [5.74, 6) is 0.796. The largest absolute Gasteiger partial charge is 0.350 e. The first-order valence-corrected chi connectivity index (χ1v) is 9.06. The Morgan fingerprint density at radius 2 is 1.96 bits per heavy atom. The second-order valence-corrected chi connectivity index (χ2v) is 6.89. The van der Waals surface area contributed by atoms with Gasteiger partial charge in [-0.3, -0.25) is 4.79 Å². The molecule has 1 aromatic carbocycles. The first-order chi connectivity index (χ1) is 12.2. The van der Waals surface area contributed by atoms with Crippen LogP contribution in [0, 0.1) is 5.92 Å². The smallest absolute Gasteiger partial charge is 0.243 e. The third-order valence-corrected chi connectivity index (χ3v) is 4.91. The molecule has 0 bridgehead atoms. The van der Waals surface area contributed by atoms with Crippen molar-refractivity contribution in [3.05, 3.63) is 29.3 Å². The molecule has 1 heterocycles. The van der Waals surface area contributed by atoms with E-state index in [-0.39, 0.29) is 30.9 Å². The molecule has 1 aliphatic rings. The van der Waals surface area contributed by atoms with E-state index in [1.807, 2.05) is 12.1 Å². The lowest BCUT2D eigenvalue weighted by molar-refractivity contribution is -0.123. The maximum Gasteiger partial charge on any atom is 0.243 e. The van der Waals surface area contributed by atoms with Crippen molar-refractivity contribution in [1.29, 1.82) is 0 Å². The van der Waals surface area contributed by atoms with Crippen LogP contribution in [0.1, 0.15) is 32.1 Å². The molecule has 2 aromatic rings. The van der Waals surface area contributed by atoms with Crippen LogP contribution in [-0.2, 0) is 11.3 Å². The maximum absolute atomic E-state index is 12.3.